The van der Waals surface area contributed by atoms with E-state index in [0.717, 1.165) is 19.6 Å². The van der Waals surface area contributed by atoms with Crippen molar-refractivity contribution in [3.05, 3.63) is 23.0 Å². The molecule has 0 amide bonds. The quantitative estimate of drug-likeness (QED) is 0.915. The molecule has 0 bridgehead atoms. The summed E-state index contributed by atoms with van der Waals surface area (Å²) in [7, 11) is 0. The van der Waals surface area contributed by atoms with Crippen molar-refractivity contribution >= 4 is 17.6 Å². The second-order valence-corrected chi connectivity index (χ2v) is 5.40. The Morgan fingerprint density at radius 1 is 1.44 bits per heavy atom. The van der Waals surface area contributed by atoms with Crippen LogP contribution in [0.15, 0.2) is 12.3 Å². The molecule has 0 spiro atoms. The number of hydrogen-bond acceptors (Lipinski definition) is 2. The number of halogens is 1. The molecule has 0 aliphatic carbocycles. The minimum absolute atomic E-state index is 0.127. The summed E-state index contributed by atoms with van der Waals surface area (Å²) in [6.07, 6.45) is 5.50. The lowest BCUT2D eigenvalue weighted by Crippen LogP contribution is -2.34. The SMILES string of the molecule is CC(CN1CCCCC1)n1cc(Cl)cc1C(=O)O. The van der Waals surface area contributed by atoms with Crippen LogP contribution in [-0.4, -0.2) is 40.2 Å². The van der Waals surface area contributed by atoms with Crippen LogP contribution in [0, 0.1) is 0 Å². The molecule has 0 saturated carbocycles. The van der Waals surface area contributed by atoms with E-state index in [1.165, 1.54) is 25.3 Å². The van der Waals surface area contributed by atoms with Gasteiger partial charge in [-0.1, -0.05) is 18.0 Å². The molecule has 1 saturated heterocycles. The number of likely N-dealkylation sites (tertiary alicyclic amines) is 1. The van der Waals surface area contributed by atoms with Crippen molar-refractivity contribution in [1.82, 2.24) is 9.47 Å². The summed E-state index contributed by atoms with van der Waals surface area (Å²) < 4.78 is 1.76. The van der Waals surface area contributed by atoms with E-state index in [9.17, 15) is 4.79 Å². The summed E-state index contributed by atoms with van der Waals surface area (Å²) in [4.78, 5) is 13.5. The van der Waals surface area contributed by atoms with Crippen LogP contribution < -0.4 is 0 Å². The van der Waals surface area contributed by atoms with E-state index in [0.29, 0.717) is 5.02 Å². The van der Waals surface area contributed by atoms with E-state index in [-0.39, 0.29) is 11.7 Å². The van der Waals surface area contributed by atoms with Gasteiger partial charge in [-0.3, -0.25) is 0 Å². The number of carboxylic acids is 1. The van der Waals surface area contributed by atoms with Crippen LogP contribution in [0.1, 0.15) is 42.7 Å². The first-order valence-electron chi connectivity index (χ1n) is 6.41. The zero-order valence-corrected chi connectivity index (χ0v) is 11.4. The largest absolute Gasteiger partial charge is 0.477 e. The zero-order valence-electron chi connectivity index (χ0n) is 10.6. The number of piperidine rings is 1. The number of carbonyl (C=O) groups is 1. The van der Waals surface area contributed by atoms with Crippen molar-refractivity contribution < 1.29 is 9.90 Å². The molecule has 1 unspecified atom stereocenters. The number of carboxylic acid groups (broad SMARTS) is 1. The van der Waals surface area contributed by atoms with Gasteiger partial charge in [0.05, 0.1) is 5.02 Å². The van der Waals surface area contributed by atoms with Gasteiger partial charge in [0.15, 0.2) is 0 Å². The van der Waals surface area contributed by atoms with Gasteiger partial charge in [0.1, 0.15) is 5.69 Å². The van der Waals surface area contributed by atoms with Crippen LogP contribution in [0.5, 0.6) is 0 Å². The van der Waals surface area contributed by atoms with Crippen molar-refractivity contribution in [1.29, 1.82) is 0 Å². The lowest BCUT2D eigenvalue weighted by atomic mass is 10.1. The molecule has 1 aliphatic heterocycles. The highest BCUT2D eigenvalue weighted by molar-refractivity contribution is 6.30. The standard InChI is InChI=1S/C13H19ClN2O2/c1-10(8-15-5-3-2-4-6-15)16-9-11(14)7-12(16)13(17)18/h7,9-10H,2-6,8H2,1H3,(H,17,18). The minimum atomic E-state index is -0.924. The molecular formula is C13H19ClN2O2. The van der Waals surface area contributed by atoms with Crippen molar-refractivity contribution in [2.75, 3.05) is 19.6 Å². The van der Waals surface area contributed by atoms with Gasteiger partial charge in [-0.25, -0.2) is 4.79 Å². The molecule has 2 heterocycles. The summed E-state index contributed by atoms with van der Waals surface area (Å²) in [6, 6.07) is 1.64. The average molecular weight is 271 g/mol. The van der Waals surface area contributed by atoms with Crippen LogP contribution in [0.3, 0.4) is 0 Å². The van der Waals surface area contributed by atoms with Crippen molar-refractivity contribution in [2.45, 2.75) is 32.2 Å². The Hall–Kier alpha value is -1.00. The Balaban J connectivity index is 2.07. The summed E-state index contributed by atoms with van der Waals surface area (Å²) in [5.74, 6) is -0.924. The van der Waals surface area contributed by atoms with E-state index in [4.69, 9.17) is 16.7 Å². The van der Waals surface area contributed by atoms with E-state index in [1.54, 1.807) is 10.8 Å². The Morgan fingerprint density at radius 2 is 2.11 bits per heavy atom. The zero-order chi connectivity index (χ0) is 13.1. The van der Waals surface area contributed by atoms with Gasteiger partial charge in [-0.2, -0.15) is 0 Å². The van der Waals surface area contributed by atoms with Gasteiger partial charge in [0, 0.05) is 18.8 Å². The predicted octanol–water partition coefficient (Wildman–Crippen LogP) is 2.89. The van der Waals surface area contributed by atoms with Crippen molar-refractivity contribution in [3.8, 4) is 0 Å². The maximum atomic E-state index is 11.1. The lowest BCUT2D eigenvalue weighted by Gasteiger charge is -2.30. The fourth-order valence-electron chi connectivity index (χ4n) is 2.59. The van der Waals surface area contributed by atoms with Crippen LogP contribution in [0.25, 0.3) is 0 Å². The molecule has 1 aromatic heterocycles. The molecular weight excluding hydrogens is 252 g/mol. The Labute approximate surface area is 112 Å². The summed E-state index contributed by atoms with van der Waals surface area (Å²) in [5.41, 5.74) is 0.268. The summed E-state index contributed by atoms with van der Waals surface area (Å²) in [5, 5.41) is 9.62. The molecule has 100 valence electrons. The fraction of sp³-hybridized carbons (Fsp3) is 0.615. The fourth-order valence-corrected chi connectivity index (χ4v) is 2.79. The van der Waals surface area contributed by atoms with Crippen LogP contribution >= 0.6 is 11.6 Å². The third-order valence-corrected chi connectivity index (χ3v) is 3.69. The molecule has 2 rings (SSSR count). The number of rotatable bonds is 4. The highest BCUT2D eigenvalue weighted by atomic mass is 35.5. The maximum Gasteiger partial charge on any atom is 0.352 e. The van der Waals surface area contributed by atoms with Gasteiger partial charge >= 0.3 is 5.97 Å². The third-order valence-electron chi connectivity index (χ3n) is 3.48. The van der Waals surface area contributed by atoms with Crippen molar-refractivity contribution in [2.24, 2.45) is 0 Å². The molecule has 1 fully saturated rings. The van der Waals surface area contributed by atoms with Gasteiger partial charge in [0.25, 0.3) is 0 Å². The monoisotopic (exact) mass is 270 g/mol. The van der Waals surface area contributed by atoms with E-state index in [2.05, 4.69) is 4.90 Å². The Kier molecular flexibility index (Phi) is 4.30. The maximum absolute atomic E-state index is 11.1. The van der Waals surface area contributed by atoms with Crippen molar-refractivity contribution in [3.63, 3.8) is 0 Å². The molecule has 0 radical (unpaired) electrons. The molecule has 1 aliphatic rings. The third kappa shape index (κ3) is 3.06. The molecule has 5 heteroatoms. The average Bonchev–Trinajstić information content (AvgIpc) is 2.73. The molecule has 1 N–H and O–H groups in total. The van der Waals surface area contributed by atoms with Gasteiger partial charge in [0.2, 0.25) is 0 Å². The Bertz CT molecular complexity index is 425. The minimum Gasteiger partial charge on any atom is -0.477 e. The topological polar surface area (TPSA) is 45.5 Å². The normalized spacial score (nSPS) is 18.8. The molecule has 0 aromatic carbocycles. The molecule has 1 aromatic rings. The van der Waals surface area contributed by atoms with E-state index in [1.807, 2.05) is 6.92 Å². The first-order valence-corrected chi connectivity index (χ1v) is 6.78. The molecule has 1 atom stereocenters. The van der Waals surface area contributed by atoms with Gasteiger partial charge < -0.3 is 14.6 Å². The first-order chi connectivity index (χ1) is 8.58. The first kappa shape index (κ1) is 13.4. The number of aromatic carboxylic acids is 1. The number of nitrogens with zero attached hydrogens (tertiary/aromatic N) is 2. The van der Waals surface area contributed by atoms with Crippen LogP contribution in [0.4, 0.5) is 0 Å². The van der Waals surface area contributed by atoms with Gasteiger partial charge in [-0.15, -0.1) is 0 Å². The van der Waals surface area contributed by atoms with Crippen LogP contribution in [-0.2, 0) is 0 Å². The summed E-state index contributed by atoms with van der Waals surface area (Å²) in [6.45, 7) is 5.14. The second-order valence-electron chi connectivity index (χ2n) is 4.97. The predicted molar refractivity (Wildman–Crippen MR) is 71.4 cm³/mol. The van der Waals surface area contributed by atoms with Gasteiger partial charge in [-0.05, 0) is 38.9 Å². The van der Waals surface area contributed by atoms with Crippen LogP contribution in [0.2, 0.25) is 5.02 Å². The van der Waals surface area contributed by atoms with E-state index < -0.39 is 5.97 Å². The smallest absolute Gasteiger partial charge is 0.352 e. The van der Waals surface area contributed by atoms with E-state index >= 15 is 0 Å². The Morgan fingerprint density at radius 3 is 2.72 bits per heavy atom. The lowest BCUT2D eigenvalue weighted by molar-refractivity contribution is 0.0681. The summed E-state index contributed by atoms with van der Waals surface area (Å²) >= 11 is 5.90. The molecule has 4 nitrogen and oxygen atoms in total. The second kappa shape index (κ2) is 5.76. The highest BCUT2D eigenvalue weighted by Crippen LogP contribution is 2.21. The highest BCUT2D eigenvalue weighted by Gasteiger charge is 2.19. The molecule has 18 heavy (non-hydrogen) atoms. The number of hydrogen-bond donors (Lipinski definition) is 1. The number of aromatic nitrogens is 1.